The molecule has 1 aliphatic rings. The van der Waals surface area contributed by atoms with E-state index in [4.69, 9.17) is 10.5 Å². The Kier molecular flexibility index (Phi) is 9.69. The molecule has 0 radical (unpaired) electrons. The van der Waals surface area contributed by atoms with Gasteiger partial charge >= 0.3 is 6.09 Å². The van der Waals surface area contributed by atoms with E-state index in [1.165, 1.54) is 0 Å². The minimum atomic E-state index is -0.849. The number of ether oxygens (including phenoxy) is 1. The zero-order chi connectivity index (χ0) is 27.1. The molecule has 0 heterocycles. The zero-order valence-corrected chi connectivity index (χ0v) is 22.4. The number of amides is 3. The molecule has 0 bridgehead atoms. The molecular weight excluding hydrogens is 468 g/mol. The summed E-state index contributed by atoms with van der Waals surface area (Å²) in [7, 11) is 0. The molecular formula is C29H40N4O4. The minimum absolute atomic E-state index is 0.0774. The van der Waals surface area contributed by atoms with Crippen LogP contribution in [0.1, 0.15) is 64.5 Å². The summed E-state index contributed by atoms with van der Waals surface area (Å²) in [5.74, 6) is -0.848. The van der Waals surface area contributed by atoms with Gasteiger partial charge in [0.1, 0.15) is 18.7 Å². The van der Waals surface area contributed by atoms with E-state index in [0.717, 1.165) is 22.3 Å². The molecule has 0 spiro atoms. The average Bonchev–Trinajstić information content (AvgIpc) is 3.18. The zero-order valence-electron chi connectivity index (χ0n) is 22.4. The fraction of sp³-hybridized carbons (Fsp3) is 0.483. The standard InChI is InChI=1S/C29H40N4O4/c1-6-18(4)26(28(35)32-25(15-17(2)3)27(34)31-19(5)30)33-29(36)37-16-24-22-13-9-7-11-20(22)21-12-8-10-14-23(21)24/h7-14,17-19,24-26H,6,15-16,30H2,1-5H3,(H,31,34)(H,32,35)(H,33,36)/t18-,19?,25-,26-/m0/s1. The lowest BCUT2D eigenvalue weighted by molar-refractivity contribution is -0.131. The first-order chi connectivity index (χ1) is 17.6. The molecule has 200 valence electrons. The first-order valence-electron chi connectivity index (χ1n) is 13.1. The third-order valence-corrected chi connectivity index (χ3v) is 6.82. The number of nitrogens with two attached hydrogens (primary N) is 1. The maximum atomic E-state index is 13.3. The summed E-state index contributed by atoms with van der Waals surface area (Å²) in [6.07, 6.45) is -0.100. The van der Waals surface area contributed by atoms with Crippen molar-refractivity contribution in [1.29, 1.82) is 0 Å². The maximum Gasteiger partial charge on any atom is 0.407 e. The van der Waals surface area contributed by atoms with Gasteiger partial charge in [0.25, 0.3) is 0 Å². The van der Waals surface area contributed by atoms with E-state index in [1.54, 1.807) is 6.92 Å². The topological polar surface area (TPSA) is 123 Å². The van der Waals surface area contributed by atoms with E-state index < -0.39 is 30.2 Å². The van der Waals surface area contributed by atoms with Crippen LogP contribution >= 0.6 is 0 Å². The highest BCUT2D eigenvalue weighted by Gasteiger charge is 2.32. The van der Waals surface area contributed by atoms with Crippen LogP contribution in [-0.2, 0) is 14.3 Å². The summed E-state index contributed by atoms with van der Waals surface area (Å²) in [5.41, 5.74) is 10.2. The number of carbonyl (C=O) groups is 3. The summed E-state index contributed by atoms with van der Waals surface area (Å²) >= 11 is 0. The second kappa shape index (κ2) is 12.7. The molecule has 4 atom stereocenters. The Bertz CT molecular complexity index is 1060. The molecule has 1 aliphatic carbocycles. The van der Waals surface area contributed by atoms with Gasteiger partial charge in [-0.2, -0.15) is 0 Å². The number of hydrogen-bond acceptors (Lipinski definition) is 5. The van der Waals surface area contributed by atoms with Crippen LogP contribution in [0.15, 0.2) is 48.5 Å². The van der Waals surface area contributed by atoms with Crippen molar-refractivity contribution < 1.29 is 19.1 Å². The summed E-state index contributed by atoms with van der Waals surface area (Å²) in [6.45, 7) is 9.58. The van der Waals surface area contributed by atoms with Crippen molar-refractivity contribution >= 4 is 17.9 Å². The number of rotatable bonds is 11. The van der Waals surface area contributed by atoms with Crippen molar-refractivity contribution in [2.45, 2.75) is 71.6 Å². The molecule has 2 aromatic rings. The monoisotopic (exact) mass is 508 g/mol. The van der Waals surface area contributed by atoms with E-state index >= 15 is 0 Å². The van der Waals surface area contributed by atoms with E-state index in [9.17, 15) is 14.4 Å². The number of alkyl carbamates (subject to hydrolysis) is 1. The molecule has 0 aliphatic heterocycles. The van der Waals surface area contributed by atoms with Gasteiger partial charge in [-0.1, -0.05) is 82.6 Å². The Morgan fingerprint density at radius 3 is 1.95 bits per heavy atom. The van der Waals surface area contributed by atoms with Crippen LogP contribution in [0, 0.1) is 11.8 Å². The lowest BCUT2D eigenvalue weighted by atomic mass is 9.97. The molecule has 0 saturated heterocycles. The van der Waals surface area contributed by atoms with Crippen LogP contribution in [-0.4, -0.2) is 42.8 Å². The number of fused-ring (bicyclic) bond motifs is 3. The molecule has 3 rings (SSSR count). The smallest absolute Gasteiger partial charge is 0.407 e. The summed E-state index contributed by atoms with van der Waals surface area (Å²) in [5, 5.41) is 8.23. The molecule has 0 fully saturated rings. The largest absolute Gasteiger partial charge is 0.449 e. The lowest BCUT2D eigenvalue weighted by Crippen LogP contribution is -2.57. The fourth-order valence-electron chi connectivity index (χ4n) is 4.76. The van der Waals surface area contributed by atoms with Crippen LogP contribution in [0.4, 0.5) is 4.79 Å². The van der Waals surface area contributed by atoms with Crippen LogP contribution in [0.5, 0.6) is 0 Å². The summed E-state index contributed by atoms with van der Waals surface area (Å²) < 4.78 is 5.66. The Morgan fingerprint density at radius 2 is 1.43 bits per heavy atom. The van der Waals surface area contributed by atoms with E-state index in [0.29, 0.717) is 12.8 Å². The molecule has 0 saturated carbocycles. The first kappa shape index (κ1) is 28.2. The molecule has 0 aromatic heterocycles. The molecule has 8 nitrogen and oxygen atoms in total. The third kappa shape index (κ3) is 7.10. The number of hydrogen-bond donors (Lipinski definition) is 4. The SMILES string of the molecule is CC[C@H](C)[C@H](NC(=O)OCC1c2ccccc2-c2ccccc21)C(=O)N[C@@H](CC(C)C)C(=O)NC(C)N. The molecule has 3 amide bonds. The number of benzene rings is 2. The van der Waals surface area contributed by atoms with E-state index in [2.05, 4.69) is 40.2 Å². The van der Waals surface area contributed by atoms with Crippen molar-refractivity contribution in [3.8, 4) is 11.1 Å². The van der Waals surface area contributed by atoms with Gasteiger partial charge < -0.3 is 26.4 Å². The highest BCUT2D eigenvalue weighted by atomic mass is 16.5. The molecule has 5 N–H and O–H groups in total. The van der Waals surface area contributed by atoms with Gasteiger partial charge in [-0.3, -0.25) is 9.59 Å². The minimum Gasteiger partial charge on any atom is -0.449 e. The van der Waals surface area contributed by atoms with Crippen molar-refractivity contribution in [1.82, 2.24) is 16.0 Å². The van der Waals surface area contributed by atoms with Gasteiger partial charge in [0.2, 0.25) is 11.8 Å². The van der Waals surface area contributed by atoms with Crippen LogP contribution in [0.3, 0.4) is 0 Å². The predicted molar refractivity (Wildman–Crippen MR) is 145 cm³/mol. The number of nitrogens with one attached hydrogen (secondary N) is 3. The predicted octanol–water partition coefficient (Wildman–Crippen LogP) is 3.89. The third-order valence-electron chi connectivity index (χ3n) is 6.82. The molecule has 37 heavy (non-hydrogen) atoms. The van der Waals surface area contributed by atoms with Crippen molar-refractivity contribution in [3.05, 3.63) is 59.7 Å². The normalized spacial score (nSPS) is 15.6. The highest BCUT2D eigenvalue weighted by molar-refractivity contribution is 5.91. The Labute approximate surface area is 219 Å². The van der Waals surface area contributed by atoms with Crippen LogP contribution in [0.2, 0.25) is 0 Å². The molecule has 2 aromatic carbocycles. The van der Waals surface area contributed by atoms with Crippen molar-refractivity contribution in [2.75, 3.05) is 6.61 Å². The summed E-state index contributed by atoms with van der Waals surface area (Å²) in [4.78, 5) is 38.8. The first-order valence-corrected chi connectivity index (χ1v) is 13.1. The molecule has 1 unspecified atom stereocenters. The Morgan fingerprint density at radius 1 is 0.865 bits per heavy atom. The Hall–Kier alpha value is -3.39. The maximum absolute atomic E-state index is 13.3. The number of carbonyl (C=O) groups excluding carboxylic acids is 3. The van der Waals surface area contributed by atoms with Gasteiger partial charge in [-0.05, 0) is 47.4 Å². The highest BCUT2D eigenvalue weighted by Crippen LogP contribution is 2.44. The van der Waals surface area contributed by atoms with Gasteiger partial charge in [-0.15, -0.1) is 0 Å². The fourth-order valence-corrected chi connectivity index (χ4v) is 4.76. The van der Waals surface area contributed by atoms with Crippen molar-refractivity contribution in [3.63, 3.8) is 0 Å². The van der Waals surface area contributed by atoms with Crippen LogP contribution < -0.4 is 21.7 Å². The second-order valence-electron chi connectivity index (χ2n) is 10.3. The molecule has 8 heteroatoms. The Balaban J connectivity index is 1.68. The van der Waals surface area contributed by atoms with E-state index in [1.807, 2.05) is 52.0 Å². The summed E-state index contributed by atoms with van der Waals surface area (Å²) in [6, 6.07) is 14.6. The van der Waals surface area contributed by atoms with Gasteiger partial charge in [0.05, 0.1) is 6.17 Å². The average molecular weight is 509 g/mol. The lowest BCUT2D eigenvalue weighted by Gasteiger charge is -2.27. The second-order valence-corrected chi connectivity index (χ2v) is 10.3. The van der Waals surface area contributed by atoms with Gasteiger partial charge in [-0.25, -0.2) is 4.79 Å². The van der Waals surface area contributed by atoms with Gasteiger partial charge in [0, 0.05) is 5.92 Å². The van der Waals surface area contributed by atoms with Gasteiger partial charge in [0.15, 0.2) is 0 Å². The van der Waals surface area contributed by atoms with Crippen LogP contribution in [0.25, 0.3) is 11.1 Å². The quantitative estimate of drug-likeness (QED) is 0.343. The van der Waals surface area contributed by atoms with E-state index in [-0.39, 0.29) is 30.3 Å². The van der Waals surface area contributed by atoms with Crippen molar-refractivity contribution in [2.24, 2.45) is 17.6 Å².